The molecule has 0 aliphatic carbocycles. The van der Waals surface area contributed by atoms with Crippen LogP contribution in [-0.4, -0.2) is 48.6 Å². The van der Waals surface area contributed by atoms with Crippen LogP contribution >= 0.6 is 15.2 Å². The molecule has 17 heavy (non-hydrogen) atoms. The average Bonchev–Trinajstić information content (AvgIpc) is 2.12. The molecule has 0 spiro atoms. The summed E-state index contributed by atoms with van der Waals surface area (Å²) >= 11 is 0. The molecule has 0 rings (SSSR count). The third-order valence-electron chi connectivity index (χ3n) is 2.32. The van der Waals surface area contributed by atoms with Crippen LogP contribution in [0.4, 0.5) is 0 Å². The van der Waals surface area contributed by atoms with E-state index in [9.17, 15) is 14.2 Å². The third kappa shape index (κ3) is 3.67. The second-order valence-corrected chi connectivity index (χ2v) is 7.55. The van der Waals surface area contributed by atoms with E-state index in [1.165, 1.54) is 14.0 Å². The largest absolute Gasteiger partial charge is 0.369 e. The van der Waals surface area contributed by atoms with E-state index in [1.54, 1.807) is 0 Å². The lowest BCUT2D eigenvalue weighted by atomic mass is 10.1. The first-order chi connectivity index (χ1) is 7.37. The quantitative estimate of drug-likeness (QED) is 0.270. The van der Waals surface area contributed by atoms with Crippen LogP contribution in [0.2, 0.25) is 0 Å². The maximum Gasteiger partial charge on any atom is 0.369 e. The highest BCUT2D eigenvalue weighted by Gasteiger charge is 2.59. The van der Waals surface area contributed by atoms with Crippen molar-refractivity contribution in [3.05, 3.63) is 0 Å². The lowest BCUT2D eigenvalue weighted by Gasteiger charge is -2.31. The Morgan fingerprint density at radius 2 is 1.65 bits per heavy atom. The summed E-state index contributed by atoms with van der Waals surface area (Å²) in [5, 5.41) is 6.04. The molecule has 11 heteroatoms. The second-order valence-electron chi connectivity index (χ2n) is 3.54. The number of hydrogen-bond acceptors (Lipinski definition) is 5. The zero-order chi connectivity index (χ0) is 14.1. The number of hydrogen-bond donors (Lipinski definition) is 6. The minimum Gasteiger partial charge on any atom is -0.367 e. The van der Waals surface area contributed by atoms with Gasteiger partial charge in [0.2, 0.25) is 0 Å². The van der Waals surface area contributed by atoms with E-state index >= 15 is 0 Å². The van der Waals surface area contributed by atoms with Crippen molar-refractivity contribution in [2.75, 3.05) is 7.05 Å². The van der Waals surface area contributed by atoms with Crippen molar-refractivity contribution in [1.82, 2.24) is 0 Å². The summed E-state index contributed by atoms with van der Waals surface area (Å²) in [5.74, 6) is 0. The highest BCUT2D eigenvalue weighted by molar-refractivity contribution is 7.72. The summed E-state index contributed by atoms with van der Waals surface area (Å²) in [4.78, 5) is 39.0. The molecule has 1 unspecified atom stereocenters. The van der Waals surface area contributed by atoms with Crippen LogP contribution in [0.5, 0.6) is 0 Å². The third-order valence-corrected chi connectivity index (χ3v) is 6.11. The minimum atomic E-state index is -5.46. The average molecular weight is 290 g/mol. The van der Waals surface area contributed by atoms with Crippen molar-refractivity contribution in [1.29, 1.82) is 0 Å². The first-order valence-corrected chi connectivity index (χ1v) is 7.62. The smallest absolute Gasteiger partial charge is 0.367 e. The Labute approximate surface area is 97.7 Å². The fourth-order valence-corrected chi connectivity index (χ4v) is 3.24. The van der Waals surface area contributed by atoms with Crippen LogP contribution in [-0.2, 0) is 9.13 Å². The van der Waals surface area contributed by atoms with E-state index in [0.29, 0.717) is 0 Å². The number of rotatable bonds is 5. The molecule has 0 saturated heterocycles. The van der Waals surface area contributed by atoms with Crippen molar-refractivity contribution < 1.29 is 33.8 Å². The van der Waals surface area contributed by atoms with Gasteiger partial charge in [-0.25, -0.2) is 0 Å². The zero-order valence-electron chi connectivity index (χ0n) is 9.26. The molecule has 0 heterocycles. The van der Waals surface area contributed by atoms with Gasteiger partial charge in [-0.1, -0.05) is 0 Å². The molecule has 0 aromatic heterocycles. The van der Waals surface area contributed by atoms with Gasteiger partial charge in [0, 0.05) is 25.2 Å². The van der Waals surface area contributed by atoms with Crippen LogP contribution in [0.15, 0.2) is 4.99 Å². The van der Waals surface area contributed by atoms with Crippen molar-refractivity contribution in [3.8, 4) is 0 Å². The molecule has 0 bridgehead atoms. The maximum absolute atomic E-state index is 11.0. The Kier molecular flexibility index (Phi) is 5.22. The van der Waals surface area contributed by atoms with Crippen LogP contribution < -0.4 is 5.73 Å². The van der Waals surface area contributed by atoms with Crippen LogP contribution in [0.3, 0.4) is 0 Å². The predicted octanol–water partition coefficient (Wildman–Crippen LogP) is -1.20. The summed E-state index contributed by atoms with van der Waals surface area (Å²) < 4.78 is 22.0. The molecular weight excluding hydrogens is 274 g/mol. The van der Waals surface area contributed by atoms with Gasteiger partial charge in [-0.3, -0.25) is 14.1 Å². The monoisotopic (exact) mass is 290 g/mol. The molecule has 102 valence electrons. The molecule has 0 fully saturated rings. The Hall–Kier alpha value is -0.110. The SMILES string of the molecule is CN=C(C)C(N)CC(O)(P(=O)(O)O)P(=O)(O)O. The molecular formula is C6H16N2O7P2. The van der Waals surface area contributed by atoms with Crippen molar-refractivity contribution >= 4 is 20.9 Å². The van der Waals surface area contributed by atoms with E-state index in [-0.39, 0.29) is 5.71 Å². The van der Waals surface area contributed by atoms with Gasteiger partial charge in [0.1, 0.15) is 0 Å². The molecule has 0 aromatic rings. The Morgan fingerprint density at radius 3 is 1.88 bits per heavy atom. The van der Waals surface area contributed by atoms with E-state index in [0.717, 1.165) is 0 Å². The first-order valence-electron chi connectivity index (χ1n) is 4.39. The van der Waals surface area contributed by atoms with E-state index in [4.69, 9.17) is 25.3 Å². The molecule has 0 amide bonds. The van der Waals surface area contributed by atoms with Gasteiger partial charge in [-0.05, 0) is 6.92 Å². The Morgan fingerprint density at radius 1 is 1.29 bits per heavy atom. The van der Waals surface area contributed by atoms with Gasteiger partial charge >= 0.3 is 15.2 Å². The minimum absolute atomic E-state index is 0.199. The summed E-state index contributed by atoms with van der Waals surface area (Å²) in [6.07, 6.45) is -0.995. The van der Waals surface area contributed by atoms with E-state index in [1.807, 2.05) is 0 Å². The molecule has 1 atom stereocenters. The predicted molar refractivity (Wildman–Crippen MR) is 60.7 cm³/mol. The Bertz CT molecular complexity index is 375. The molecule has 0 aliphatic heterocycles. The van der Waals surface area contributed by atoms with Gasteiger partial charge in [0.25, 0.3) is 5.08 Å². The summed E-state index contributed by atoms with van der Waals surface area (Å²) in [5.41, 5.74) is 5.63. The molecule has 0 aromatic carbocycles. The van der Waals surface area contributed by atoms with Crippen molar-refractivity contribution in [2.45, 2.75) is 24.5 Å². The van der Waals surface area contributed by atoms with Gasteiger partial charge in [-0.15, -0.1) is 0 Å². The van der Waals surface area contributed by atoms with Crippen LogP contribution in [0.25, 0.3) is 0 Å². The highest BCUT2D eigenvalue weighted by Crippen LogP contribution is 2.69. The first kappa shape index (κ1) is 16.9. The summed E-state index contributed by atoms with van der Waals surface area (Å²) in [6.45, 7) is 1.41. The van der Waals surface area contributed by atoms with Gasteiger partial charge in [-0.2, -0.15) is 0 Å². The normalized spacial score (nSPS) is 17.1. The highest BCUT2D eigenvalue weighted by atomic mass is 31.2. The fourth-order valence-electron chi connectivity index (χ4n) is 1.02. The number of aliphatic imine (C=N–C) groups is 1. The summed E-state index contributed by atoms with van der Waals surface area (Å²) in [6, 6.07) is -1.18. The zero-order valence-corrected chi connectivity index (χ0v) is 11.0. The maximum atomic E-state index is 11.0. The number of nitrogens with two attached hydrogens (primary N) is 1. The van der Waals surface area contributed by atoms with E-state index in [2.05, 4.69) is 4.99 Å². The Balaban J connectivity index is 5.42. The van der Waals surface area contributed by atoms with Gasteiger partial charge in [0.05, 0.1) is 0 Å². The standard InChI is InChI=1S/C6H16N2O7P2/c1-4(8-2)5(7)3-6(9,16(10,11)12)17(13,14)15/h5,9H,3,7H2,1-2H3,(H2,10,11,12)(H2,13,14,15). The van der Waals surface area contributed by atoms with Crippen LogP contribution in [0, 0.1) is 0 Å². The lowest BCUT2D eigenvalue weighted by molar-refractivity contribution is 0.121. The van der Waals surface area contributed by atoms with Gasteiger partial charge in [0.15, 0.2) is 0 Å². The molecule has 0 aliphatic rings. The van der Waals surface area contributed by atoms with Crippen molar-refractivity contribution in [2.24, 2.45) is 10.7 Å². The lowest BCUT2D eigenvalue weighted by Crippen LogP contribution is -2.40. The molecule has 7 N–H and O–H groups in total. The summed E-state index contributed by atoms with van der Waals surface area (Å²) in [7, 11) is -9.56. The van der Waals surface area contributed by atoms with Gasteiger partial charge < -0.3 is 30.4 Å². The van der Waals surface area contributed by atoms with E-state index < -0.39 is 32.7 Å². The van der Waals surface area contributed by atoms with Crippen molar-refractivity contribution in [3.63, 3.8) is 0 Å². The van der Waals surface area contributed by atoms with Crippen LogP contribution in [0.1, 0.15) is 13.3 Å². The second kappa shape index (κ2) is 5.26. The molecule has 0 radical (unpaired) electrons. The fraction of sp³-hybridized carbons (Fsp3) is 0.833. The number of nitrogens with zero attached hydrogens (tertiary/aromatic N) is 1. The topological polar surface area (TPSA) is 174 Å². The number of aliphatic hydroxyl groups is 1. The molecule has 0 saturated carbocycles. The molecule has 9 nitrogen and oxygen atoms in total.